The number of benzene rings is 1. The molecule has 0 saturated carbocycles. The van der Waals surface area contributed by atoms with E-state index < -0.39 is 0 Å². The van der Waals surface area contributed by atoms with Gasteiger partial charge in [0, 0.05) is 17.3 Å². The lowest BCUT2D eigenvalue weighted by molar-refractivity contribution is -0.110. The van der Waals surface area contributed by atoms with Gasteiger partial charge < -0.3 is 20.4 Å². The summed E-state index contributed by atoms with van der Waals surface area (Å²) in [5.74, 6) is 6.71. The van der Waals surface area contributed by atoms with Crippen LogP contribution in [0.1, 0.15) is 16.8 Å². The summed E-state index contributed by atoms with van der Waals surface area (Å²) in [6, 6.07) is 7.50. The van der Waals surface area contributed by atoms with Crippen molar-refractivity contribution >= 4 is 23.2 Å². The van der Waals surface area contributed by atoms with Crippen LogP contribution in [-0.2, 0) is 4.79 Å². The third kappa shape index (κ3) is 2.85. The van der Waals surface area contributed by atoms with Gasteiger partial charge in [0.2, 0.25) is 0 Å². The molecule has 3 rings (SSSR count). The highest BCUT2D eigenvalue weighted by molar-refractivity contribution is 6.35. The highest BCUT2D eigenvalue weighted by atomic mass is 16.5. The monoisotopic (exact) mass is 307 g/mol. The molecule has 5 nitrogen and oxygen atoms in total. The molecule has 0 spiro atoms. The highest BCUT2D eigenvalue weighted by Gasteiger charge is 2.26. The van der Waals surface area contributed by atoms with E-state index in [1.54, 1.807) is 19.4 Å². The number of amides is 1. The Morgan fingerprint density at radius 3 is 3.00 bits per heavy atom. The quantitative estimate of drug-likeness (QED) is 0.601. The predicted octanol–water partition coefficient (Wildman–Crippen LogP) is 2.09. The number of rotatable bonds is 3. The fourth-order valence-electron chi connectivity index (χ4n) is 2.52. The van der Waals surface area contributed by atoms with E-state index in [4.69, 9.17) is 4.74 Å². The number of carbonyl (C=O) groups is 1. The summed E-state index contributed by atoms with van der Waals surface area (Å²) < 4.78 is 5.28. The number of aromatic amines is 1. The molecule has 3 N–H and O–H groups in total. The normalized spacial score (nSPS) is 14.2. The van der Waals surface area contributed by atoms with Crippen molar-refractivity contribution in [3.8, 4) is 17.6 Å². The number of methoxy groups -OCH3 is 1. The van der Waals surface area contributed by atoms with Crippen LogP contribution in [-0.4, -0.2) is 31.6 Å². The Morgan fingerprint density at radius 1 is 1.35 bits per heavy atom. The molecule has 0 saturated heterocycles. The summed E-state index contributed by atoms with van der Waals surface area (Å²) in [7, 11) is 3.44. The van der Waals surface area contributed by atoms with Crippen molar-refractivity contribution in [1.82, 2.24) is 10.3 Å². The molecule has 1 aliphatic heterocycles. The Hall–Kier alpha value is -2.97. The van der Waals surface area contributed by atoms with E-state index in [9.17, 15) is 4.79 Å². The molecule has 1 aliphatic rings. The summed E-state index contributed by atoms with van der Waals surface area (Å²) >= 11 is 0. The fraction of sp³-hybridized carbons (Fsp3) is 0.167. The van der Waals surface area contributed by atoms with Gasteiger partial charge in [-0.2, -0.15) is 0 Å². The Kier molecular flexibility index (Phi) is 4.18. The van der Waals surface area contributed by atoms with Crippen LogP contribution in [0.15, 0.2) is 30.5 Å². The minimum absolute atomic E-state index is 0.139. The van der Waals surface area contributed by atoms with Crippen LogP contribution in [0.5, 0.6) is 5.75 Å². The van der Waals surface area contributed by atoms with E-state index in [1.165, 1.54) is 0 Å². The van der Waals surface area contributed by atoms with Crippen LogP contribution in [0.25, 0.3) is 11.6 Å². The van der Waals surface area contributed by atoms with Gasteiger partial charge in [-0.15, -0.1) is 0 Å². The molecule has 5 heteroatoms. The van der Waals surface area contributed by atoms with Crippen molar-refractivity contribution in [2.24, 2.45) is 0 Å². The molecule has 0 fully saturated rings. The molecular weight excluding hydrogens is 290 g/mol. The van der Waals surface area contributed by atoms with E-state index >= 15 is 0 Å². The second-order valence-corrected chi connectivity index (χ2v) is 5.03. The average Bonchev–Trinajstić information content (AvgIpc) is 3.13. The number of aromatic nitrogens is 1. The molecule has 116 valence electrons. The maximum Gasteiger partial charge on any atom is 0.256 e. The molecule has 0 bridgehead atoms. The van der Waals surface area contributed by atoms with Crippen molar-refractivity contribution in [1.29, 1.82) is 0 Å². The molecule has 1 aromatic carbocycles. The van der Waals surface area contributed by atoms with Gasteiger partial charge in [-0.3, -0.25) is 4.79 Å². The number of ether oxygens (including phenoxy) is 1. The zero-order valence-corrected chi connectivity index (χ0v) is 13.0. The molecule has 0 radical (unpaired) electrons. The van der Waals surface area contributed by atoms with Crippen LogP contribution in [0, 0.1) is 11.8 Å². The van der Waals surface area contributed by atoms with E-state index in [2.05, 4.69) is 27.5 Å². The van der Waals surface area contributed by atoms with Crippen molar-refractivity contribution in [2.75, 3.05) is 26.0 Å². The topological polar surface area (TPSA) is 66.1 Å². The second kappa shape index (κ2) is 6.42. The summed E-state index contributed by atoms with van der Waals surface area (Å²) in [6.45, 7) is 0.592. The third-order valence-electron chi connectivity index (χ3n) is 3.56. The third-order valence-corrected chi connectivity index (χ3v) is 3.56. The molecule has 0 aliphatic carbocycles. The molecule has 2 heterocycles. The van der Waals surface area contributed by atoms with Gasteiger partial charge in [-0.25, -0.2) is 0 Å². The first kappa shape index (κ1) is 14.9. The molecule has 2 aromatic rings. The lowest BCUT2D eigenvalue weighted by atomic mass is 9.99. The van der Waals surface area contributed by atoms with Gasteiger partial charge in [0.1, 0.15) is 5.75 Å². The van der Waals surface area contributed by atoms with Crippen LogP contribution in [0.4, 0.5) is 5.69 Å². The summed E-state index contributed by atoms with van der Waals surface area (Å²) in [4.78, 5) is 15.4. The minimum Gasteiger partial charge on any atom is -0.495 e. The van der Waals surface area contributed by atoms with Gasteiger partial charge in [0.05, 0.1) is 30.6 Å². The van der Waals surface area contributed by atoms with Gasteiger partial charge in [-0.1, -0.05) is 17.9 Å². The number of H-pyrrole nitrogens is 1. The van der Waals surface area contributed by atoms with Gasteiger partial charge in [-0.05, 0) is 31.3 Å². The molecule has 0 atom stereocenters. The molecule has 1 aromatic heterocycles. The minimum atomic E-state index is -0.139. The first-order valence-corrected chi connectivity index (χ1v) is 7.26. The maximum atomic E-state index is 12.3. The first-order chi connectivity index (χ1) is 11.2. The Labute approximate surface area is 134 Å². The van der Waals surface area contributed by atoms with Gasteiger partial charge in [0.25, 0.3) is 5.91 Å². The number of carbonyl (C=O) groups excluding carboxylic acids is 1. The maximum absolute atomic E-state index is 12.3. The van der Waals surface area contributed by atoms with Crippen LogP contribution in [0.2, 0.25) is 0 Å². The van der Waals surface area contributed by atoms with E-state index in [1.807, 2.05) is 31.3 Å². The lowest BCUT2D eigenvalue weighted by Gasteiger charge is -2.03. The second-order valence-electron chi connectivity index (χ2n) is 5.03. The van der Waals surface area contributed by atoms with Crippen LogP contribution in [0.3, 0.4) is 0 Å². The summed E-state index contributed by atoms with van der Waals surface area (Å²) in [5, 5.41) is 5.87. The number of hydrogen-bond donors (Lipinski definition) is 3. The summed E-state index contributed by atoms with van der Waals surface area (Å²) in [6.07, 6.45) is 3.57. The van der Waals surface area contributed by atoms with Gasteiger partial charge in [0.15, 0.2) is 0 Å². The number of fused-ring (bicyclic) bond motifs is 1. The zero-order chi connectivity index (χ0) is 16.2. The van der Waals surface area contributed by atoms with E-state index in [0.717, 1.165) is 22.5 Å². The largest absolute Gasteiger partial charge is 0.495 e. The molecule has 23 heavy (non-hydrogen) atoms. The Balaban J connectivity index is 2.10. The van der Waals surface area contributed by atoms with E-state index in [0.29, 0.717) is 17.9 Å². The lowest BCUT2D eigenvalue weighted by Crippen LogP contribution is -2.04. The Morgan fingerprint density at radius 2 is 2.22 bits per heavy atom. The smallest absolute Gasteiger partial charge is 0.256 e. The Bertz CT molecular complexity index is 837. The van der Waals surface area contributed by atoms with Crippen molar-refractivity contribution < 1.29 is 9.53 Å². The summed E-state index contributed by atoms with van der Waals surface area (Å²) in [5.41, 5.74) is 3.77. The SMILES string of the molecule is CNCC#Cc1cccc2c1C(=Cc1[nH]ccc1OC)C(=O)N2. The number of anilines is 1. The van der Waals surface area contributed by atoms with Crippen LogP contribution < -0.4 is 15.4 Å². The first-order valence-electron chi connectivity index (χ1n) is 7.26. The van der Waals surface area contributed by atoms with E-state index in [-0.39, 0.29) is 5.91 Å². The van der Waals surface area contributed by atoms with Crippen molar-refractivity contribution in [3.05, 3.63) is 47.3 Å². The fourth-order valence-corrected chi connectivity index (χ4v) is 2.52. The standard InChI is InChI=1S/C18H17N3O2/c1-19-9-4-6-12-5-3-7-14-17(12)13(18(22)21-14)11-15-16(23-2)8-10-20-15/h3,5,7-8,10-11,19-20H,9H2,1-2H3,(H,21,22). The average molecular weight is 307 g/mol. The molecular formula is C18H17N3O2. The molecule has 1 amide bonds. The van der Waals surface area contributed by atoms with Crippen molar-refractivity contribution in [2.45, 2.75) is 0 Å². The predicted molar refractivity (Wildman–Crippen MR) is 91.1 cm³/mol. The number of nitrogens with one attached hydrogen (secondary N) is 3. The zero-order valence-electron chi connectivity index (χ0n) is 13.0. The molecule has 0 unspecified atom stereocenters. The van der Waals surface area contributed by atoms with Crippen molar-refractivity contribution in [3.63, 3.8) is 0 Å². The van der Waals surface area contributed by atoms with Crippen LogP contribution >= 0.6 is 0 Å². The highest BCUT2D eigenvalue weighted by Crippen LogP contribution is 2.36. The number of hydrogen-bond acceptors (Lipinski definition) is 3. The van der Waals surface area contributed by atoms with Gasteiger partial charge >= 0.3 is 0 Å².